The highest BCUT2D eigenvalue weighted by Gasteiger charge is 2.46. The number of aliphatic hydroxyl groups excluding tert-OH is 1. The van der Waals surface area contributed by atoms with Gasteiger partial charge in [0.15, 0.2) is 0 Å². The Kier molecular flexibility index (Phi) is 4.03. The second-order valence-corrected chi connectivity index (χ2v) is 7.85. The highest BCUT2D eigenvalue weighted by molar-refractivity contribution is 5.74. The number of H-pyrrole nitrogens is 1. The number of aromatic amines is 1. The molecule has 2 saturated heterocycles. The fourth-order valence-corrected chi connectivity index (χ4v) is 5.01. The van der Waals surface area contributed by atoms with Crippen molar-refractivity contribution in [2.75, 3.05) is 0 Å². The van der Waals surface area contributed by atoms with Crippen LogP contribution in [0.25, 0.3) is 11.0 Å². The topological polar surface area (TPSA) is 52.1 Å². The van der Waals surface area contributed by atoms with Gasteiger partial charge in [0.2, 0.25) is 0 Å². The van der Waals surface area contributed by atoms with E-state index in [9.17, 15) is 5.11 Å². The molecule has 0 aliphatic carbocycles. The van der Waals surface area contributed by atoms with Gasteiger partial charge in [-0.05, 0) is 49.3 Å². The molecular formula is C22H25N3O. The third-order valence-corrected chi connectivity index (χ3v) is 6.25. The molecule has 3 heterocycles. The maximum absolute atomic E-state index is 11.0. The number of benzene rings is 2. The molecule has 2 bridgehead atoms. The van der Waals surface area contributed by atoms with Gasteiger partial charge in [-0.25, -0.2) is 4.98 Å². The van der Waals surface area contributed by atoms with Crippen molar-refractivity contribution in [1.82, 2.24) is 14.9 Å². The molecule has 2 N–H and O–H groups in total. The standard InChI is InChI=1S/C22H25N3O/c26-22-16(12-15-6-2-1-3-7-15)13-17-10-11-20(22)25(17)14-21-23-18-8-4-5-9-19(18)24-21/h1-9,16-17,20,22,26H,10-14H2,(H,23,24). The monoisotopic (exact) mass is 347 g/mol. The van der Waals surface area contributed by atoms with Crippen LogP contribution in [0.5, 0.6) is 0 Å². The number of aliphatic hydroxyl groups is 1. The number of rotatable bonds is 4. The molecule has 0 spiro atoms. The number of hydrogen-bond acceptors (Lipinski definition) is 3. The molecule has 4 nitrogen and oxygen atoms in total. The molecule has 0 amide bonds. The maximum Gasteiger partial charge on any atom is 0.121 e. The molecule has 0 radical (unpaired) electrons. The summed E-state index contributed by atoms with van der Waals surface area (Å²) in [5.41, 5.74) is 3.45. The van der Waals surface area contributed by atoms with Crippen molar-refractivity contribution in [2.24, 2.45) is 5.92 Å². The number of nitrogens with one attached hydrogen (secondary N) is 1. The van der Waals surface area contributed by atoms with E-state index in [2.05, 4.69) is 46.3 Å². The number of nitrogens with zero attached hydrogens (tertiary/aromatic N) is 2. The number of hydrogen-bond donors (Lipinski definition) is 2. The largest absolute Gasteiger partial charge is 0.391 e. The summed E-state index contributed by atoms with van der Waals surface area (Å²) in [7, 11) is 0. The Morgan fingerprint density at radius 1 is 1.04 bits per heavy atom. The first-order valence-corrected chi connectivity index (χ1v) is 9.69. The van der Waals surface area contributed by atoms with Gasteiger partial charge in [0.05, 0.1) is 23.7 Å². The molecule has 26 heavy (non-hydrogen) atoms. The van der Waals surface area contributed by atoms with Crippen molar-refractivity contribution in [3.05, 3.63) is 66.0 Å². The molecule has 0 saturated carbocycles. The Morgan fingerprint density at radius 2 is 1.85 bits per heavy atom. The summed E-state index contributed by atoms with van der Waals surface area (Å²) in [4.78, 5) is 10.7. The number of piperidine rings is 1. The minimum absolute atomic E-state index is 0.252. The van der Waals surface area contributed by atoms with E-state index in [1.807, 2.05) is 18.2 Å². The molecule has 134 valence electrons. The second kappa shape index (κ2) is 6.53. The zero-order chi connectivity index (χ0) is 17.5. The van der Waals surface area contributed by atoms with Gasteiger partial charge in [0.1, 0.15) is 5.82 Å². The average Bonchev–Trinajstić information content (AvgIpc) is 3.21. The Bertz CT molecular complexity index is 858. The van der Waals surface area contributed by atoms with Gasteiger partial charge >= 0.3 is 0 Å². The molecule has 4 unspecified atom stereocenters. The van der Waals surface area contributed by atoms with Gasteiger partial charge in [-0.2, -0.15) is 0 Å². The highest BCUT2D eigenvalue weighted by atomic mass is 16.3. The van der Waals surface area contributed by atoms with Crippen molar-refractivity contribution in [3.8, 4) is 0 Å². The van der Waals surface area contributed by atoms with Crippen LogP contribution in [-0.2, 0) is 13.0 Å². The quantitative estimate of drug-likeness (QED) is 0.759. The first-order chi connectivity index (χ1) is 12.8. The summed E-state index contributed by atoms with van der Waals surface area (Å²) in [6, 6.07) is 19.6. The van der Waals surface area contributed by atoms with Crippen LogP contribution in [0.2, 0.25) is 0 Å². The van der Waals surface area contributed by atoms with Crippen molar-refractivity contribution in [3.63, 3.8) is 0 Å². The third-order valence-electron chi connectivity index (χ3n) is 6.25. The zero-order valence-corrected chi connectivity index (χ0v) is 14.9. The molecule has 3 aromatic rings. The summed E-state index contributed by atoms with van der Waals surface area (Å²) < 4.78 is 0. The Balaban J connectivity index is 1.33. The smallest absolute Gasteiger partial charge is 0.121 e. The Morgan fingerprint density at radius 3 is 2.69 bits per heavy atom. The van der Waals surface area contributed by atoms with Crippen LogP contribution < -0.4 is 0 Å². The van der Waals surface area contributed by atoms with E-state index in [4.69, 9.17) is 4.98 Å². The lowest BCUT2D eigenvalue weighted by Crippen LogP contribution is -2.51. The number of imidazole rings is 1. The second-order valence-electron chi connectivity index (χ2n) is 7.85. The Hall–Kier alpha value is -2.17. The Labute approximate surface area is 153 Å². The van der Waals surface area contributed by atoms with Crippen LogP contribution in [0, 0.1) is 5.92 Å². The fourth-order valence-electron chi connectivity index (χ4n) is 5.01. The maximum atomic E-state index is 11.0. The zero-order valence-electron chi connectivity index (χ0n) is 14.9. The molecule has 4 atom stereocenters. The van der Waals surface area contributed by atoms with Crippen molar-refractivity contribution >= 4 is 11.0 Å². The molecule has 2 fully saturated rings. The van der Waals surface area contributed by atoms with E-state index in [1.54, 1.807) is 0 Å². The number of aromatic nitrogens is 2. The first-order valence-electron chi connectivity index (χ1n) is 9.69. The van der Waals surface area contributed by atoms with Gasteiger partial charge in [-0.1, -0.05) is 42.5 Å². The lowest BCUT2D eigenvalue weighted by Gasteiger charge is -2.42. The van der Waals surface area contributed by atoms with E-state index in [0.29, 0.717) is 12.0 Å². The van der Waals surface area contributed by atoms with Gasteiger partial charge < -0.3 is 10.1 Å². The predicted molar refractivity (Wildman–Crippen MR) is 103 cm³/mol. The SMILES string of the molecule is OC1C(Cc2ccccc2)CC2CCC1N2Cc1nc2ccccc2[nH]1. The summed E-state index contributed by atoms with van der Waals surface area (Å²) in [5, 5.41) is 11.0. The van der Waals surface area contributed by atoms with Crippen LogP contribution in [0.15, 0.2) is 54.6 Å². The fraction of sp³-hybridized carbons (Fsp3) is 0.409. The third kappa shape index (κ3) is 2.83. The van der Waals surface area contributed by atoms with Crippen LogP contribution >= 0.6 is 0 Å². The molecule has 5 rings (SSSR count). The summed E-state index contributed by atoms with van der Waals surface area (Å²) in [6.45, 7) is 0.805. The highest BCUT2D eigenvalue weighted by Crippen LogP contribution is 2.40. The molecule has 4 heteroatoms. The van der Waals surface area contributed by atoms with Crippen molar-refractivity contribution < 1.29 is 5.11 Å². The first kappa shape index (κ1) is 16.0. The summed E-state index contributed by atoms with van der Waals surface area (Å²) in [6.07, 6.45) is 4.09. The van der Waals surface area contributed by atoms with Gasteiger partial charge in [0.25, 0.3) is 0 Å². The van der Waals surface area contributed by atoms with E-state index >= 15 is 0 Å². The predicted octanol–water partition coefficient (Wildman–Crippen LogP) is 3.52. The van der Waals surface area contributed by atoms with Crippen LogP contribution in [0.4, 0.5) is 0 Å². The van der Waals surface area contributed by atoms with Crippen LogP contribution in [0.3, 0.4) is 0 Å². The van der Waals surface area contributed by atoms with E-state index < -0.39 is 0 Å². The van der Waals surface area contributed by atoms with Gasteiger partial charge in [-0.15, -0.1) is 0 Å². The number of para-hydroxylation sites is 2. The minimum atomic E-state index is -0.252. The minimum Gasteiger partial charge on any atom is -0.391 e. The lowest BCUT2D eigenvalue weighted by molar-refractivity contribution is -0.0328. The molecule has 2 aromatic carbocycles. The molecule has 2 aliphatic heterocycles. The summed E-state index contributed by atoms with van der Waals surface area (Å²) in [5.74, 6) is 1.37. The molecular weight excluding hydrogens is 322 g/mol. The summed E-state index contributed by atoms with van der Waals surface area (Å²) >= 11 is 0. The van der Waals surface area contributed by atoms with E-state index in [-0.39, 0.29) is 12.1 Å². The van der Waals surface area contributed by atoms with E-state index in [1.165, 1.54) is 12.0 Å². The van der Waals surface area contributed by atoms with Crippen LogP contribution in [-0.4, -0.2) is 38.2 Å². The normalized spacial score (nSPS) is 28.7. The van der Waals surface area contributed by atoms with Crippen LogP contribution in [0.1, 0.15) is 30.7 Å². The van der Waals surface area contributed by atoms with Crippen molar-refractivity contribution in [2.45, 2.75) is 50.4 Å². The lowest BCUT2D eigenvalue weighted by atomic mass is 9.83. The molecule has 2 aliphatic rings. The average molecular weight is 347 g/mol. The number of fused-ring (bicyclic) bond motifs is 3. The molecule has 1 aromatic heterocycles. The van der Waals surface area contributed by atoms with Gasteiger partial charge in [0, 0.05) is 12.1 Å². The van der Waals surface area contributed by atoms with Gasteiger partial charge in [-0.3, -0.25) is 4.90 Å². The van der Waals surface area contributed by atoms with Crippen molar-refractivity contribution in [1.29, 1.82) is 0 Å². The van der Waals surface area contributed by atoms with E-state index in [0.717, 1.165) is 42.7 Å².